The largest absolute Gasteiger partial charge is 0.494 e. The molecule has 172 valence electrons. The highest BCUT2D eigenvalue weighted by molar-refractivity contribution is 5.85. The molecule has 0 aliphatic carbocycles. The Kier molecular flexibility index (Phi) is 11.6. The molecule has 0 aromatic heterocycles. The molecule has 1 N–H and O–H groups in total. The number of rotatable bonds is 12. The number of hydrogen-bond donors (Lipinski definition) is 1. The van der Waals surface area contributed by atoms with Gasteiger partial charge in [-0.25, -0.2) is 4.79 Å². The highest BCUT2D eigenvalue weighted by Gasteiger charge is 2.41. The van der Waals surface area contributed by atoms with Crippen molar-refractivity contribution in [2.24, 2.45) is 5.92 Å². The Morgan fingerprint density at radius 2 is 1.55 bits per heavy atom. The van der Waals surface area contributed by atoms with Crippen molar-refractivity contribution in [2.75, 3.05) is 32.8 Å². The van der Waals surface area contributed by atoms with Gasteiger partial charge in [0.1, 0.15) is 12.4 Å². The van der Waals surface area contributed by atoms with Gasteiger partial charge in [-0.3, -0.25) is 0 Å². The molecular formula is C25H36ClNO4. The Balaban J connectivity index is 0.00000480. The van der Waals surface area contributed by atoms with Gasteiger partial charge in [0.15, 0.2) is 0 Å². The van der Waals surface area contributed by atoms with Crippen LogP contribution in [0.1, 0.15) is 45.2 Å². The average molecular weight is 450 g/mol. The van der Waals surface area contributed by atoms with Crippen LogP contribution < -0.4 is 4.74 Å². The van der Waals surface area contributed by atoms with Gasteiger partial charge in [-0.2, -0.15) is 0 Å². The Hall–Kier alpha value is -2.08. The first-order valence-electron chi connectivity index (χ1n) is 10.8. The number of hydrogen-bond acceptors (Lipinski definition) is 5. The second-order valence-electron chi connectivity index (χ2n) is 7.79. The van der Waals surface area contributed by atoms with Crippen LogP contribution in [0.15, 0.2) is 54.6 Å². The minimum Gasteiger partial charge on any atom is -0.494 e. The van der Waals surface area contributed by atoms with Crippen LogP contribution in [0.3, 0.4) is 0 Å². The van der Waals surface area contributed by atoms with Gasteiger partial charge >= 0.3 is 5.97 Å². The van der Waals surface area contributed by atoms with Crippen LogP contribution >= 0.6 is 12.4 Å². The standard InChI is InChI=1S/C25H35NO4.ClH/c1-5-26(6-2)17-19-30-24(27)25(28,21-10-8-7-9-11-21)22-12-14-23(15-13-22)29-18-16-20(3)4;/h7-15,20,28H,5-6,16-19H2,1-4H3;1H. The third-order valence-electron chi connectivity index (χ3n) is 5.26. The maximum absolute atomic E-state index is 13.0. The van der Waals surface area contributed by atoms with Gasteiger partial charge in [0.25, 0.3) is 0 Å². The maximum atomic E-state index is 13.0. The van der Waals surface area contributed by atoms with Gasteiger partial charge in [-0.05, 0) is 48.7 Å². The first-order chi connectivity index (χ1) is 14.4. The van der Waals surface area contributed by atoms with Gasteiger partial charge in [0.05, 0.1) is 6.61 Å². The van der Waals surface area contributed by atoms with E-state index in [0.717, 1.165) is 19.5 Å². The molecule has 6 heteroatoms. The fourth-order valence-electron chi connectivity index (χ4n) is 3.20. The molecule has 2 rings (SSSR count). The van der Waals surface area contributed by atoms with E-state index in [4.69, 9.17) is 9.47 Å². The van der Waals surface area contributed by atoms with Gasteiger partial charge in [-0.15, -0.1) is 12.4 Å². The predicted molar refractivity (Wildman–Crippen MR) is 127 cm³/mol. The molecule has 2 aromatic rings. The highest BCUT2D eigenvalue weighted by atomic mass is 35.5. The van der Waals surface area contributed by atoms with Crippen LogP contribution in [0.25, 0.3) is 0 Å². The van der Waals surface area contributed by atoms with E-state index in [1.807, 2.05) is 6.07 Å². The summed E-state index contributed by atoms with van der Waals surface area (Å²) in [6.45, 7) is 11.7. The smallest absolute Gasteiger partial charge is 0.347 e. The molecule has 0 bridgehead atoms. The zero-order chi connectivity index (χ0) is 22.0. The number of ether oxygens (including phenoxy) is 2. The fourth-order valence-corrected chi connectivity index (χ4v) is 3.20. The summed E-state index contributed by atoms with van der Waals surface area (Å²) in [5.41, 5.74) is -0.940. The summed E-state index contributed by atoms with van der Waals surface area (Å²) >= 11 is 0. The zero-order valence-corrected chi connectivity index (χ0v) is 19.9. The molecule has 2 aromatic carbocycles. The molecule has 0 amide bonds. The first-order valence-corrected chi connectivity index (χ1v) is 10.8. The van der Waals surface area contributed by atoms with Gasteiger partial charge in [0, 0.05) is 6.54 Å². The van der Waals surface area contributed by atoms with E-state index in [-0.39, 0.29) is 19.0 Å². The van der Waals surface area contributed by atoms with Crippen LogP contribution in [0, 0.1) is 5.92 Å². The van der Waals surface area contributed by atoms with E-state index in [1.165, 1.54) is 0 Å². The van der Waals surface area contributed by atoms with Crippen LogP contribution in [-0.2, 0) is 15.1 Å². The molecule has 0 heterocycles. The molecule has 1 atom stereocenters. The van der Waals surface area contributed by atoms with Crippen molar-refractivity contribution in [1.82, 2.24) is 4.90 Å². The minimum atomic E-state index is -1.87. The molecular weight excluding hydrogens is 414 g/mol. The molecule has 0 radical (unpaired) electrons. The number of nitrogens with zero attached hydrogens (tertiary/aromatic N) is 1. The number of carbonyl (C=O) groups is 1. The summed E-state index contributed by atoms with van der Waals surface area (Å²) in [6.07, 6.45) is 0.967. The van der Waals surface area contributed by atoms with Crippen molar-refractivity contribution in [1.29, 1.82) is 0 Å². The van der Waals surface area contributed by atoms with E-state index in [0.29, 0.717) is 35.9 Å². The maximum Gasteiger partial charge on any atom is 0.347 e. The van der Waals surface area contributed by atoms with E-state index >= 15 is 0 Å². The minimum absolute atomic E-state index is 0. The molecule has 1 unspecified atom stereocenters. The topological polar surface area (TPSA) is 59.0 Å². The fraction of sp³-hybridized carbons (Fsp3) is 0.480. The normalized spacial score (nSPS) is 12.9. The summed E-state index contributed by atoms with van der Waals surface area (Å²) in [6, 6.07) is 15.9. The lowest BCUT2D eigenvalue weighted by Gasteiger charge is -2.28. The second-order valence-corrected chi connectivity index (χ2v) is 7.79. The van der Waals surface area contributed by atoms with E-state index in [9.17, 15) is 9.90 Å². The lowest BCUT2D eigenvalue weighted by atomic mass is 9.86. The Morgan fingerprint density at radius 1 is 0.968 bits per heavy atom. The quantitative estimate of drug-likeness (QED) is 0.478. The first kappa shape index (κ1) is 27.0. The van der Waals surface area contributed by atoms with E-state index in [1.54, 1.807) is 48.5 Å². The summed E-state index contributed by atoms with van der Waals surface area (Å²) in [5, 5.41) is 11.5. The molecule has 0 spiro atoms. The third kappa shape index (κ3) is 7.53. The van der Waals surface area contributed by atoms with Crippen LogP contribution in [0.4, 0.5) is 0 Å². The Labute approximate surface area is 192 Å². The molecule has 0 saturated heterocycles. The van der Waals surface area contributed by atoms with Crippen molar-refractivity contribution in [2.45, 2.75) is 39.7 Å². The molecule has 0 aliphatic heterocycles. The van der Waals surface area contributed by atoms with Gasteiger partial charge in [-0.1, -0.05) is 70.2 Å². The van der Waals surface area contributed by atoms with Crippen molar-refractivity contribution in [3.63, 3.8) is 0 Å². The number of carbonyl (C=O) groups excluding carboxylic acids is 1. The number of esters is 1. The Morgan fingerprint density at radius 3 is 2.10 bits per heavy atom. The van der Waals surface area contributed by atoms with E-state index < -0.39 is 11.6 Å². The molecule has 5 nitrogen and oxygen atoms in total. The number of benzene rings is 2. The molecule has 0 aliphatic rings. The van der Waals surface area contributed by atoms with Crippen molar-refractivity contribution < 1.29 is 19.4 Å². The SMILES string of the molecule is CCN(CC)CCOC(=O)C(O)(c1ccccc1)c1ccc(OCCC(C)C)cc1.Cl. The van der Waals surface area contributed by atoms with Crippen LogP contribution in [-0.4, -0.2) is 48.8 Å². The molecule has 0 fully saturated rings. The van der Waals surface area contributed by atoms with E-state index in [2.05, 4.69) is 32.6 Å². The third-order valence-corrected chi connectivity index (χ3v) is 5.26. The highest BCUT2D eigenvalue weighted by Crippen LogP contribution is 2.32. The monoisotopic (exact) mass is 449 g/mol. The van der Waals surface area contributed by atoms with Crippen LogP contribution in [0.2, 0.25) is 0 Å². The zero-order valence-electron chi connectivity index (χ0n) is 19.0. The van der Waals surface area contributed by atoms with Crippen molar-refractivity contribution in [3.05, 3.63) is 65.7 Å². The summed E-state index contributed by atoms with van der Waals surface area (Å²) in [7, 11) is 0. The molecule has 0 saturated carbocycles. The predicted octanol–water partition coefficient (Wildman–Crippen LogP) is 4.65. The Bertz CT molecular complexity index is 763. The lowest BCUT2D eigenvalue weighted by molar-refractivity contribution is -0.162. The number of likely N-dealkylation sites (N-methyl/N-ethyl adjacent to an activating group) is 1. The number of halogens is 1. The van der Waals surface area contributed by atoms with Gasteiger partial charge in [0.2, 0.25) is 5.60 Å². The van der Waals surface area contributed by atoms with Crippen LogP contribution in [0.5, 0.6) is 5.75 Å². The van der Waals surface area contributed by atoms with Crippen molar-refractivity contribution >= 4 is 18.4 Å². The summed E-state index contributed by atoms with van der Waals surface area (Å²) in [5.74, 6) is 0.609. The van der Waals surface area contributed by atoms with Gasteiger partial charge < -0.3 is 19.5 Å². The number of aliphatic hydroxyl groups is 1. The lowest BCUT2D eigenvalue weighted by Crippen LogP contribution is -2.40. The summed E-state index contributed by atoms with van der Waals surface area (Å²) < 4.78 is 11.3. The van der Waals surface area contributed by atoms with Crippen molar-refractivity contribution in [3.8, 4) is 5.75 Å². The molecule has 31 heavy (non-hydrogen) atoms. The second kappa shape index (κ2) is 13.4. The average Bonchev–Trinajstić information content (AvgIpc) is 2.77. The summed E-state index contributed by atoms with van der Waals surface area (Å²) in [4.78, 5) is 15.2.